The summed E-state index contributed by atoms with van der Waals surface area (Å²) in [5, 5.41) is 5.69. The number of carbonyl (C=O) groups excluding carboxylic acids is 2. The van der Waals surface area contributed by atoms with Gasteiger partial charge in [0.05, 0.1) is 17.9 Å². The Kier molecular flexibility index (Phi) is 11.8. The number of piperazine rings is 1. The fraction of sp³-hybridized carbons (Fsp3) is 0.423. The van der Waals surface area contributed by atoms with Crippen LogP contribution in [0, 0.1) is 17.5 Å². The van der Waals surface area contributed by atoms with Crippen molar-refractivity contribution >= 4 is 23.7 Å². The van der Waals surface area contributed by atoms with E-state index in [1.54, 1.807) is 19.2 Å². The van der Waals surface area contributed by atoms with E-state index in [0.29, 0.717) is 17.4 Å². The highest BCUT2D eigenvalue weighted by atomic mass is 19.4. The quantitative estimate of drug-likeness (QED) is 0.253. The number of hydrogen-bond acceptors (Lipinski definition) is 7. The summed E-state index contributed by atoms with van der Waals surface area (Å²) in [6, 6.07) is 3.78. The summed E-state index contributed by atoms with van der Waals surface area (Å²) in [5.74, 6) is -3.33. The number of nitrogens with zero attached hydrogens (tertiary/aromatic N) is 3. The Labute approximate surface area is 228 Å². The zero-order valence-electron chi connectivity index (χ0n) is 22.3. The van der Waals surface area contributed by atoms with E-state index in [9.17, 15) is 31.1 Å². The third kappa shape index (κ3) is 9.14. The molecule has 1 fully saturated rings. The van der Waals surface area contributed by atoms with Gasteiger partial charge in [0.1, 0.15) is 24.5 Å². The summed E-state index contributed by atoms with van der Waals surface area (Å²) in [6.45, 7) is -0.0594. The van der Waals surface area contributed by atoms with E-state index in [1.807, 2.05) is 0 Å². The number of nitrogens with one attached hydrogen (secondary N) is 2. The number of aromatic nitrogens is 1. The van der Waals surface area contributed by atoms with Gasteiger partial charge in [-0.15, -0.1) is 0 Å². The van der Waals surface area contributed by atoms with Gasteiger partial charge in [-0.05, 0) is 44.2 Å². The van der Waals surface area contributed by atoms with Gasteiger partial charge in [0.2, 0.25) is 5.91 Å². The minimum absolute atomic E-state index is 0.0125. The van der Waals surface area contributed by atoms with Crippen molar-refractivity contribution in [2.45, 2.75) is 32.0 Å². The number of likely N-dealkylation sites (N-methyl/N-ethyl adjacent to an activating group) is 1. The lowest BCUT2D eigenvalue weighted by molar-refractivity contribution is -0.146. The molecular formula is C26H32F6N6O2. The molecule has 4 N–H and O–H groups in total. The number of benzene rings is 1. The van der Waals surface area contributed by atoms with Gasteiger partial charge in [-0.25, -0.2) is 18.2 Å². The van der Waals surface area contributed by atoms with Crippen molar-refractivity contribution in [3.05, 3.63) is 64.7 Å². The van der Waals surface area contributed by atoms with Gasteiger partial charge in [-0.2, -0.15) is 13.2 Å². The third-order valence-corrected chi connectivity index (χ3v) is 6.11. The summed E-state index contributed by atoms with van der Waals surface area (Å²) >= 11 is 0. The number of anilines is 1. The van der Waals surface area contributed by atoms with Crippen molar-refractivity contribution in [3.8, 4) is 0 Å². The first-order valence-electron chi connectivity index (χ1n) is 12.3. The zero-order chi connectivity index (χ0) is 30.0. The minimum atomic E-state index is -4.49. The molecule has 40 heavy (non-hydrogen) atoms. The highest BCUT2D eigenvalue weighted by Crippen LogP contribution is 2.27. The molecule has 1 aliphatic heterocycles. The van der Waals surface area contributed by atoms with Gasteiger partial charge in [0.15, 0.2) is 11.6 Å². The van der Waals surface area contributed by atoms with Crippen molar-refractivity contribution in [2.24, 2.45) is 5.73 Å². The maximum Gasteiger partial charge on any atom is 0.405 e. The molecule has 1 saturated heterocycles. The fourth-order valence-corrected chi connectivity index (χ4v) is 4.07. The molecule has 1 atom stereocenters. The van der Waals surface area contributed by atoms with Crippen molar-refractivity contribution < 1.29 is 35.9 Å². The molecule has 1 aromatic carbocycles. The molecule has 1 aliphatic rings. The Balaban J connectivity index is 0.00000178. The predicted octanol–water partition coefficient (Wildman–Crippen LogP) is 3.30. The number of aldehydes is 1. The van der Waals surface area contributed by atoms with Crippen molar-refractivity contribution in [1.82, 2.24) is 20.1 Å². The van der Waals surface area contributed by atoms with Crippen LogP contribution in [0.5, 0.6) is 0 Å². The summed E-state index contributed by atoms with van der Waals surface area (Å²) < 4.78 is 80.7. The van der Waals surface area contributed by atoms with E-state index in [2.05, 4.69) is 15.6 Å². The summed E-state index contributed by atoms with van der Waals surface area (Å²) in [5.41, 5.74) is 6.74. The summed E-state index contributed by atoms with van der Waals surface area (Å²) in [4.78, 5) is 28.5. The van der Waals surface area contributed by atoms with Crippen LogP contribution in [0.25, 0.3) is 5.70 Å². The van der Waals surface area contributed by atoms with E-state index in [0.717, 1.165) is 17.3 Å². The first-order chi connectivity index (χ1) is 18.8. The van der Waals surface area contributed by atoms with Crippen LogP contribution in [0.2, 0.25) is 0 Å². The Morgan fingerprint density at radius 1 is 1.12 bits per heavy atom. The molecular weight excluding hydrogens is 542 g/mol. The van der Waals surface area contributed by atoms with Crippen LogP contribution in [0.15, 0.2) is 36.2 Å². The number of alkyl halides is 3. The van der Waals surface area contributed by atoms with E-state index >= 15 is 0 Å². The van der Waals surface area contributed by atoms with Crippen molar-refractivity contribution in [1.29, 1.82) is 0 Å². The standard InChI is InChI=1S/C24H28F6N6O.C2H4O/c1-32-16(7-15-8-18(26)19(27)10-17(15)25)9-22(37)35-5-6-36(13-24(28,29)30)20(12-35)23(31)14-3-4-21(33-2)34-11-14;1-2-3/h3-4,8,10-11,16,32H,5-7,9,12-13,31H2,1-2H3,(H,33,34);2H,1H3/b23-20-;. The number of halogens is 6. The van der Waals surface area contributed by atoms with Crippen LogP contribution in [-0.2, 0) is 16.0 Å². The second-order valence-electron chi connectivity index (χ2n) is 8.88. The molecule has 1 unspecified atom stereocenters. The molecule has 3 rings (SSSR count). The number of hydrogen-bond donors (Lipinski definition) is 3. The molecule has 2 aromatic rings. The molecule has 14 heteroatoms. The lowest BCUT2D eigenvalue weighted by atomic mass is 10.0. The van der Waals surface area contributed by atoms with Crippen LogP contribution in [0.4, 0.5) is 32.2 Å². The number of amides is 1. The number of pyridine rings is 1. The van der Waals surface area contributed by atoms with Crippen LogP contribution < -0.4 is 16.4 Å². The largest absolute Gasteiger partial charge is 0.405 e. The van der Waals surface area contributed by atoms with Crippen LogP contribution >= 0.6 is 0 Å². The zero-order valence-corrected chi connectivity index (χ0v) is 22.3. The van der Waals surface area contributed by atoms with Crippen LogP contribution in [0.1, 0.15) is 24.5 Å². The fourth-order valence-electron chi connectivity index (χ4n) is 4.07. The third-order valence-electron chi connectivity index (χ3n) is 6.11. The van der Waals surface area contributed by atoms with E-state index < -0.39 is 42.1 Å². The molecule has 0 spiro atoms. The van der Waals surface area contributed by atoms with Gasteiger partial charge in [-0.1, -0.05) is 0 Å². The van der Waals surface area contributed by atoms with E-state index in [1.165, 1.54) is 25.1 Å². The minimum Gasteiger partial charge on any atom is -0.397 e. The van der Waals surface area contributed by atoms with Gasteiger partial charge >= 0.3 is 6.18 Å². The number of rotatable bonds is 8. The molecule has 0 aliphatic carbocycles. The Bertz CT molecular complexity index is 1190. The monoisotopic (exact) mass is 574 g/mol. The van der Waals surface area contributed by atoms with Crippen molar-refractivity contribution in [3.63, 3.8) is 0 Å². The molecule has 2 heterocycles. The van der Waals surface area contributed by atoms with Crippen molar-refractivity contribution in [2.75, 3.05) is 45.6 Å². The molecule has 1 aromatic heterocycles. The second-order valence-corrected chi connectivity index (χ2v) is 8.88. The normalized spacial score (nSPS) is 15.6. The van der Waals surface area contributed by atoms with Gasteiger partial charge in [0, 0.05) is 50.4 Å². The smallest absolute Gasteiger partial charge is 0.397 e. The van der Waals surface area contributed by atoms with Crippen LogP contribution in [-0.4, -0.2) is 79.5 Å². The second kappa shape index (κ2) is 14.5. The topological polar surface area (TPSA) is 104 Å². The van der Waals surface area contributed by atoms with Gasteiger partial charge in [-0.3, -0.25) is 4.79 Å². The Hall–Kier alpha value is -3.81. The SMILES string of the molecule is CC=O.CNc1ccc(/C(N)=C2\CN(C(=O)CC(Cc3cc(F)c(F)cc3F)NC)CCN2CC(F)(F)F)cn1. The lowest BCUT2D eigenvalue weighted by Crippen LogP contribution is -2.51. The molecule has 8 nitrogen and oxygen atoms in total. The Morgan fingerprint density at radius 3 is 2.33 bits per heavy atom. The van der Waals surface area contributed by atoms with Gasteiger partial charge in [0.25, 0.3) is 0 Å². The van der Waals surface area contributed by atoms with Gasteiger partial charge < -0.3 is 31.0 Å². The molecule has 1 amide bonds. The molecule has 0 bridgehead atoms. The maximum atomic E-state index is 14.1. The highest BCUT2D eigenvalue weighted by molar-refractivity contribution is 5.78. The summed E-state index contributed by atoms with van der Waals surface area (Å²) in [7, 11) is 3.20. The molecule has 220 valence electrons. The lowest BCUT2D eigenvalue weighted by Gasteiger charge is -2.39. The average Bonchev–Trinajstić information content (AvgIpc) is 2.90. The number of carbonyl (C=O) groups is 2. The number of nitrogens with two attached hydrogens (primary N) is 1. The van der Waals surface area contributed by atoms with E-state index in [-0.39, 0.29) is 49.4 Å². The van der Waals surface area contributed by atoms with Crippen LogP contribution in [0.3, 0.4) is 0 Å². The van der Waals surface area contributed by atoms with E-state index in [4.69, 9.17) is 10.5 Å². The average molecular weight is 575 g/mol. The predicted molar refractivity (Wildman–Crippen MR) is 138 cm³/mol. The Morgan fingerprint density at radius 2 is 1.77 bits per heavy atom. The maximum absolute atomic E-state index is 14.1. The summed E-state index contributed by atoms with van der Waals surface area (Å²) in [6.07, 6.45) is -2.57. The molecule has 0 saturated carbocycles. The first kappa shape index (κ1) is 32.4. The first-order valence-corrected chi connectivity index (χ1v) is 12.3. The molecule has 0 radical (unpaired) electrons. The highest BCUT2D eigenvalue weighted by Gasteiger charge is 2.36.